The Morgan fingerprint density at radius 2 is 2.07 bits per heavy atom. The second-order valence-electron chi connectivity index (χ2n) is 6.53. The number of halogens is 1. The van der Waals surface area contributed by atoms with E-state index in [0.29, 0.717) is 32.6 Å². The molecule has 7 nitrogen and oxygen atoms in total. The summed E-state index contributed by atoms with van der Waals surface area (Å²) in [6, 6.07) is 7.76. The summed E-state index contributed by atoms with van der Waals surface area (Å²) < 4.78 is 25.1. The van der Waals surface area contributed by atoms with Crippen LogP contribution >= 0.6 is 23.1 Å². The van der Waals surface area contributed by atoms with Gasteiger partial charge in [0, 0.05) is 18.2 Å². The van der Waals surface area contributed by atoms with Crippen molar-refractivity contribution in [3.05, 3.63) is 41.2 Å². The Labute approximate surface area is 179 Å². The maximum Gasteiger partial charge on any atom is 0.305 e. The van der Waals surface area contributed by atoms with Crippen molar-refractivity contribution in [2.75, 3.05) is 19.1 Å². The van der Waals surface area contributed by atoms with Crippen molar-refractivity contribution in [3.8, 4) is 11.5 Å². The Hall–Kier alpha value is -2.85. The van der Waals surface area contributed by atoms with Gasteiger partial charge in [-0.25, -0.2) is 9.37 Å². The lowest BCUT2D eigenvalue weighted by Gasteiger charge is -2.33. The predicted octanol–water partition coefficient (Wildman–Crippen LogP) is 3.93. The number of amides is 1. The van der Waals surface area contributed by atoms with E-state index in [1.807, 2.05) is 0 Å². The third kappa shape index (κ3) is 3.80. The zero-order chi connectivity index (χ0) is 21.4. The lowest BCUT2D eigenvalue weighted by molar-refractivity contribution is -0.138. The van der Waals surface area contributed by atoms with Crippen LogP contribution < -0.4 is 14.4 Å². The molecule has 10 heteroatoms. The Morgan fingerprint density at radius 1 is 1.27 bits per heavy atom. The molecule has 0 radical (unpaired) electrons. The topological polar surface area (TPSA) is 89.0 Å². The first-order chi connectivity index (χ1) is 14.4. The van der Waals surface area contributed by atoms with Crippen LogP contribution in [0, 0.1) is 5.82 Å². The van der Waals surface area contributed by atoms with Gasteiger partial charge in [-0.1, -0.05) is 0 Å². The molecule has 0 bridgehead atoms. The molecule has 0 spiro atoms. The molecule has 1 unspecified atom stereocenters. The number of carbonyl (C=O) groups is 2. The fraction of sp³-hybridized carbons (Fsp3) is 0.250. The first-order valence-electron chi connectivity index (χ1n) is 8.90. The van der Waals surface area contributed by atoms with E-state index in [4.69, 9.17) is 9.47 Å². The van der Waals surface area contributed by atoms with Gasteiger partial charge in [-0.05, 0) is 12.1 Å². The average molecular weight is 448 g/mol. The lowest BCUT2D eigenvalue weighted by atomic mass is 10.2. The van der Waals surface area contributed by atoms with Gasteiger partial charge in [0.1, 0.15) is 22.3 Å². The number of ether oxygens (including phenoxy) is 2. The van der Waals surface area contributed by atoms with Crippen molar-refractivity contribution in [2.45, 2.75) is 23.1 Å². The minimum atomic E-state index is -1.06. The van der Waals surface area contributed by atoms with Gasteiger partial charge < -0.3 is 19.5 Å². The molecular formula is C20H17FN2O5S2. The molecule has 1 N–H and O–H groups in total. The zero-order valence-corrected chi connectivity index (χ0v) is 17.7. The third-order valence-corrected chi connectivity index (χ3v) is 6.92. The summed E-state index contributed by atoms with van der Waals surface area (Å²) in [5, 5.41) is 9.06. The predicted molar refractivity (Wildman–Crippen MR) is 112 cm³/mol. The Kier molecular flexibility index (Phi) is 5.52. The van der Waals surface area contributed by atoms with E-state index in [2.05, 4.69) is 4.98 Å². The summed E-state index contributed by atoms with van der Waals surface area (Å²) in [6.45, 7) is 0.125. The molecule has 2 aromatic carbocycles. The minimum absolute atomic E-state index is 0.125. The average Bonchev–Trinajstić information content (AvgIpc) is 3.11. The summed E-state index contributed by atoms with van der Waals surface area (Å²) in [6.07, 6.45) is -0.320. The van der Waals surface area contributed by atoms with Crippen molar-refractivity contribution in [2.24, 2.45) is 0 Å². The monoisotopic (exact) mass is 448 g/mol. The largest absolute Gasteiger partial charge is 0.497 e. The van der Waals surface area contributed by atoms with E-state index < -0.39 is 11.2 Å². The number of carboxylic acids is 1. The smallest absolute Gasteiger partial charge is 0.305 e. The first kappa shape index (κ1) is 20.4. The molecular weight excluding hydrogens is 431 g/mol. The SMILES string of the molecule is COc1cc(OC)c2c(c1)N(Cc1nc3cc(F)ccc3s1)C(=O)C(CC(=O)O)S2. The summed E-state index contributed by atoms with van der Waals surface area (Å²) in [7, 11) is 3.02. The highest BCUT2D eigenvalue weighted by Gasteiger charge is 2.37. The molecule has 3 aromatic rings. The van der Waals surface area contributed by atoms with Crippen molar-refractivity contribution in [1.29, 1.82) is 0 Å². The number of carboxylic acid groups (broad SMARTS) is 1. The van der Waals surface area contributed by atoms with Gasteiger partial charge in [-0.2, -0.15) is 0 Å². The molecule has 156 valence electrons. The van der Waals surface area contributed by atoms with Crippen LogP contribution in [0.1, 0.15) is 11.4 Å². The number of hydrogen-bond acceptors (Lipinski definition) is 7. The van der Waals surface area contributed by atoms with E-state index in [-0.39, 0.29) is 24.7 Å². The van der Waals surface area contributed by atoms with Gasteiger partial charge in [0.05, 0.1) is 53.2 Å². The molecule has 0 saturated heterocycles. The summed E-state index contributed by atoms with van der Waals surface area (Å²) >= 11 is 2.52. The first-order valence-corrected chi connectivity index (χ1v) is 10.6. The van der Waals surface area contributed by atoms with Crippen molar-refractivity contribution >= 4 is 50.9 Å². The number of carbonyl (C=O) groups excluding carboxylic acids is 1. The van der Waals surface area contributed by atoms with Crippen LogP contribution in [0.3, 0.4) is 0 Å². The molecule has 0 saturated carbocycles. The number of fused-ring (bicyclic) bond motifs is 2. The summed E-state index contributed by atoms with van der Waals surface area (Å²) in [5.41, 5.74) is 1.08. The number of hydrogen-bond donors (Lipinski definition) is 1. The molecule has 2 heterocycles. The van der Waals surface area contributed by atoms with Crippen LogP contribution in [-0.4, -0.2) is 41.4 Å². The molecule has 0 fully saturated rings. The highest BCUT2D eigenvalue weighted by atomic mass is 32.2. The third-order valence-electron chi connectivity index (χ3n) is 4.60. The maximum absolute atomic E-state index is 13.5. The molecule has 4 rings (SSSR count). The highest BCUT2D eigenvalue weighted by molar-refractivity contribution is 8.01. The minimum Gasteiger partial charge on any atom is -0.497 e. The van der Waals surface area contributed by atoms with Gasteiger partial charge in [-0.3, -0.25) is 9.59 Å². The molecule has 1 aliphatic heterocycles. The fourth-order valence-corrected chi connectivity index (χ4v) is 5.46. The maximum atomic E-state index is 13.5. The van der Waals surface area contributed by atoms with E-state index in [1.165, 1.54) is 54.4 Å². The van der Waals surface area contributed by atoms with Crippen LogP contribution in [-0.2, 0) is 16.1 Å². The Morgan fingerprint density at radius 3 is 2.77 bits per heavy atom. The summed E-state index contributed by atoms with van der Waals surface area (Å²) in [5.74, 6) is -0.783. The Balaban J connectivity index is 1.79. The number of thioether (sulfide) groups is 1. The molecule has 0 aliphatic carbocycles. The molecule has 1 aliphatic rings. The number of rotatable bonds is 6. The van der Waals surface area contributed by atoms with Gasteiger partial charge in [0.25, 0.3) is 0 Å². The summed E-state index contributed by atoms with van der Waals surface area (Å²) in [4.78, 5) is 31.1. The highest BCUT2D eigenvalue weighted by Crippen LogP contribution is 2.48. The van der Waals surface area contributed by atoms with E-state index >= 15 is 0 Å². The van der Waals surface area contributed by atoms with E-state index in [0.717, 1.165) is 4.70 Å². The van der Waals surface area contributed by atoms with E-state index in [9.17, 15) is 19.1 Å². The molecule has 1 amide bonds. The zero-order valence-electron chi connectivity index (χ0n) is 16.0. The second-order valence-corrected chi connectivity index (χ2v) is 8.85. The number of thiazole rings is 1. The number of aromatic nitrogens is 1. The number of nitrogens with zero attached hydrogens (tertiary/aromatic N) is 2. The number of aliphatic carboxylic acids is 1. The molecule has 30 heavy (non-hydrogen) atoms. The van der Waals surface area contributed by atoms with Crippen LogP contribution in [0.4, 0.5) is 10.1 Å². The molecule has 1 atom stereocenters. The quantitative estimate of drug-likeness (QED) is 0.611. The van der Waals surface area contributed by atoms with Gasteiger partial charge >= 0.3 is 5.97 Å². The van der Waals surface area contributed by atoms with Gasteiger partial charge in [0.15, 0.2) is 0 Å². The van der Waals surface area contributed by atoms with Gasteiger partial charge in [0.2, 0.25) is 5.91 Å². The lowest BCUT2D eigenvalue weighted by Crippen LogP contribution is -2.41. The van der Waals surface area contributed by atoms with Crippen LogP contribution in [0.15, 0.2) is 35.2 Å². The molecule has 1 aromatic heterocycles. The van der Waals surface area contributed by atoms with Crippen molar-refractivity contribution in [1.82, 2.24) is 4.98 Å². The number of benzene rings is 2. The van der Waals surface area contributed by atoms with Crippen molar-refractivity contribution in [3.63, 3.8) is 0 Å². The van der Waals surface area contributed by atoms with E-state index in [1.54, 1.807) is 18.2 Å². The van der Waals surface area contributed by atoms with Gasteiger partial charge in [-0.15, -0.1) is 23.1 Å². The van der Waals surface area contributed by atoms with Crippen molar-refractivity contribution < 1.29 is 28.6 Å². The second kappa shape index (κ2) is 8.11. The van der Waals surface area contributed by atoms with Crippen LogP contribution in [0.25, 0.3) is 10.2 Å². The Bertz CT molecular complexity index is 1150. The number of anilines is 1. The normalized spacial score (nSPS) is 15.9. The standard InChI is InChI=1S/C20H17FN2O5S2/c1-27-11-6-13-19(14(7-11)28-2)30-16(8-18(24)25)20(26)23(13)9-17-22-12-5-10(21)3-4-15(12)29-17/h3-7,16H,8-9H2,1-2H3,(H,24,25). The fourth-order valence-electron chi connectivity index (χ4n) is 3.24. The van der Waals surface area contributed by atoms with Crippen LogP contribution in [0.2, 0.25) is 0 Å². The van der Waals surface area contributed by atoms with Crippen LogP contribution in [0.5, 0.6) is 11.5 Å². The number of methoxy groups -OCH3 is 2.